The number of ether oxygens (including phenoxy) is 1. The number of nitrogens with one attached hydrogen (secondary N) is 1. The van der Waals surface area contributed by atoms with Crippen molar-refractivity contribution in [1.29, 1.82) is 0 Å². The second-order valence-corrected chi connectivity index (χ2v) is 8.18. The molecule has 33 heavy (non-hydrogen) atoms. The fraction of sp³-hybridized carbons (Fsp3) is 0.0952. The van der Waals surface area contributed by atoms with Crippen molar-refractivity contribution in [2.24, 2.45) is 5.14 Å². The molecular weight excluding hydrogens is 478 g/mol. The number of nitrogens with two attached hydrogens (primary N) is 1. The standard InChI is InChI=1S/C21H17FN4O5S.K.H/c1-12-15-7-6-14(30-21-24-8-3-9-25-21)11-18(15)31-20(27)16(12)10-13-4-2-5-17(19(13)22)26-32(23,28)29;;/h2-9,11,26H,10H2,1H3,(H2,23,28,29);;/q;+1;-1. The van der Waals surface area contributed by atoms with E-state index in [0.29, 0.717) is 16.7 Å². The Balaban J connectivity index is 0.00000204. The summed E-state index contributed by atoms with van der Waals surface area (Å²) in [5.41, 5.74) is 0.279. The number of benzene rings is 2. The zero-order chi connectivity index (χ0) is 22.9. The third kappa shape index (κ3) is 6.03. The third-order valence-corrected chi connectivity index (χ3v) is 5.21. The molecule has 0 saturated carbocycles. The largest absolute Gasteiger partial charge is 1.00 e. The monoisotopic (exact) mass is 496 g/mol. The predicted octanol–water partition coefficient (Wildman–Crippen LogP) is 0.146. The van der Waals surface area contributed by atoms with E-state index in [0.717, 1.165) is 0 Å². The Labute approximate surface area is 232 Å². The molecule has 0 aliphatic carbocycles. The molecule has 0 aliphatic rings. The molecule has 0 amide bonds. The minimum absolute atomic E-state index is 0. The smallest absolute Gasteiger partial charge is 1.00 e. The van der Waals surface area contributed by atoms with Gasteiger partial charge in [-0.05, 0) is 42.3 Å². The topological polar surface area (TPSA) is 137 Å². The maximum absolute atomic E-state index is 14.8. The van der Waals surface area contributed by atoms with E-state index in [1.807, 2.05) is 4.72 Å². The molecule has 4 rings (SSSR count). The molecule has 0 saturated heterocycles. The maximum atomic E-state index is 14.8. The zero-order valence-electron chi connectivity index (χ0n) is 18.7. The summed E-state index contributed by atoms with van der Waals surface area (Å²) in [5.74, 6) is -0.446. The van der Waals surface area contributed by atoms with Gasteiger partial charge in [0.05, 0.1) is 5.69 Å². The van der Waals surface area contributed by atoms with Crippen LogP contribution in [0.3, 0.4) is 0 Å². The molecule has 166 valence electrons. The van der Waals surface area contributed by atoms with Gasteiger partial charge in [0.2, 0.25) is 0 Å². The van der Waals surface area contributed by atoms with Gasteiger partial charge in [0.25, 0.3) is 10.2 Å². The van der Waals surface area contributed by atoms with Gasteiger partial charge >= 0.3 is 63.0 Å². The number of anilines is 1. The van der Waals surface area contributed by atoms with Gasteiger partial charge in [-0.15, -0.1) is 0 Å². The Morgan fingerprint density at radius 3 is 2.61 bits per heavy atom. The Kier molecular flexibility index (Phi) is 8.00. The van der Waals surface area contributed by atoms with Crippen molar-refractivity contribution in [1.82, 2.24) is 9.97 Å². The maximum Gasteiger partial charge on any atom is 1.00 e. The van der Waals surface area contributed by atoms with Crippen molar-refractivity contribution >= 4 is 26.9 Å². The van der Waals surface area contributed by atoms with Crippen LogP contribution < -0.4 is 71.6 Å². The molecule has 2 aromatic heterocycles. The van der Waals surface area contributed by atoms with Gasteiger partial charge in [-0.2, -0.15) is 8.42 Å². The number of halogens is 1. The Bertz CT molecular complexity index is 1490. The van der Waals surface area contributed by atoms with E-state index in [9.17, 15) is 17.6 Å². The number of rotatable bonds is 6. The molecule has 0 bridgehead atoms. The molecule has 2 aromatic carbocycles. The molecule has 0 spiro atoms. The van der Waals surface area contributed by atoms with Crippen molar-refractivity contribution in [3.8, 4) is 11.8 Å². The van der Waals surface area contributed by atoms with Gasteiger partial charge in [-0.3, -0.25) is 4.72 Å². The van der Waals surface area contributed by atoms with Crippen molar-refractivity contribution in [3.63, 3.8) is 0 Å². The van der Waals surface area contributed by atoms with Gasteiger partial charge in [-0.1, -0.05) is 12.1 Å². The third-order valence-electron chi connectivity index (χ3n) is 4.71. The van der Waals surface area contributed by atoms with Crippen LogP contribution >= 0.6 is 0 Å². The molecule has 2 heterocycles. The molecule has 0 radical (unpaired) electrons. The summed E-state index contributed by atoms with van der Waals surface area (Å²) in [6.07, 6.45) is 2.96. The van der Waals surface area contributed by atoms with Crippen LogP contribution in [-0.2, 0) is 16.6 Å². The summed E-state index contributed by atoms with van der Waals surface area (Å²) in [6.45, 7) is 1.72. The first-order chi connectivity index (χ1) is 15.2. The number of fused-ring (bicyclic) bond motifs is 1. The van der Waals surface area contributed by atoms with E-state index >= 15 is 0 Å². The first-order valence-corrected chi connectivity index (χ1v) is 10.8. The summed E-state index contributed by atoms with van der Waals surface area (Å²) < 4.78 is 50.2. The summed E-state index contributed by atoms with van der Waals surface area (Å²) in [7, 11) is -4.15. The van der Waals surface area contributed by atoms with E-state index in [2.05, 4.69) is 9.97 Å². The van der Waals surface area contributed by atoms with Crippen molar-refractivity contribution < 1.29 is 74.8 Å². The van der Waals surface area contributed by atoms with Crippen molar-refractivity contribution in [2.75, 3.05) is 4.72 Å². The summed E-state index contributed by atoms with van der Waals surface area (Å²) in [6, 6.07) is 10.9. The summed E-state index contributed by atoms with van der Waals surface area (Å²) in [5, 5.41) is 5.56. The van der Waals surface area contributed by atoms with E-state index < -0.39 is 21.7 Å². The van der Waals surface area contributed by atoms with Gasteiger partial charge in [0, 0.05) is 35.8 Å². The van der Waals surface area contributed by atoms with Crippen molar-refractivity contribution in [3.05, 3.63) is 87.8 Å². The average molecular weight is 497 g/mol. The van der Waals surface area contributed by atoms with E-state index in [-0.39, 0.29) is 87.6 Å². The van der Waals surface area contributed by atoms with Gasteiger partial charge in [0.15, 0.2) is 5.82 Å². The quantitative estimate of drug-likeness (QED) is 0.286. The number of nitrogens with zero attached hydrogens (tertiary/aromatic N) is 2. The van der Waals surface area contributed by atoms with Gasteiger partial charge in [-0.25, -0.2) is 24.3 Å². The first kappa shape index (κ1) is 25.4. The van der Waals surface area contributed by atoms with Crippen LogP contribution in [0, 0.1) is 12.7 Å². The van der Waals surface area contributed by atoms with E-state index in [4.69, 9.17) is 14.3 Å². The fourth-order valence-electron chi connectivity index (χ4n) is 3.22. The van der Waals surface area contributed by atoms with Crippen LogP contribution in [-0.4, -0.2) is 18.4 Å². The van der Waals surface area contributed by atoms with Gasteiger partial charge in [0.1, 0.15) is 11.3 Å². The van der Waals surface area contributed by atoms with Gasteiger partial charge < -0.3 is 10.6 Å². The van der Waals surface area contributed by atoms with Crippen LogP contribution in [0.4, 0.5) is 10.1 Å². The van der Waals surface area contributed by atoms with Crippen LogP contribution in [0.15, 0.2) is 64.1 Å². The van der Waals surface area contributed by atoms with Crippen molar-refractivity contribution in [2.45, 2.75) is 13.3 Å². The zero-order valence-corrected chi connectivity index (χ0v) is 21.6. The van der Waals surface area contributed by atoms with Crippen LogP contribution in [0.2, 0.25) is 0 Å². The molecule has 9 nitrogen and oxygen atoms in total. The molecule has 0 aliphatic heterocycles. The second kappa shape index (κ2) is 10.4. The predicted molar refractivity (Wildman–Crippen MR) is 116 cm³/mol. The first-order valence-electron chi connectivity index (χ1n) is 9.30. The molecule has 3 N–H and O–H groups in total. The normalized spacial score (nSPS) is 11.1. The average Bonchev–Trinajstić information content (AvgIpc) is 2.73. The minimum Gasteiger partial charge on any atom is -1.00 e. The number of hydrogen-bond donors (Lipinski definition) is 2. The van der Waals surface area contributed by atoms with Crippen LogP contribution in [0.5, 0.6) is 11.8 Å². The Morgan fingerprint density at radius 1 is 1.18 bits per heavy atom. The number of aryl methyl sites for hydroxylation is 1. The minimum atomic E-state index is -4.15. The molecule has 4 aromatic rings. The summed E-state index contributed by atoms with van der Waals surface area (Å²) >= 11 is 0. The Hall–Kier alpha value is -2.19. The molecule has 0 fully saturated rings. The number of aromatic nitrogens is 2. The van der Waals surface area contributed by atoms with Crippen LogP contribution in [0.25, 0.3) is 11.0 Å². The molecule has 0 atom stereocenters. The Morgan fingerprint density at radius 2 is 1.91 bits per heavy atom. The van der Waals surface area contributed by atoms with E-state index in [1.165, 1.54) is 30.6 Å². The number of hydrogen-bond acceptors (Lipinski definition) is 7. The second-order valence-electron chi connectivity index (χ2n) is 6.89. The van der Waals surface area contributed by atoms with E-state index in [1.54, 1.807) is 31.2 Å². The molecular formula is C21H18FKN4O5S. The fourth-order valence-corrected chi connectivity index (χ4v) is 3.69. The summed E-state index contributed by atoms with van der Waals surface area (Å²) in [4.78, 5) is 20.6. The SMILES string of the molecule is Cc1c(Cc2cccc(NS(N)(=O)=O)c2F)c(=O)oc2cc(Oc3ncccn3)ccc12.[H-].[K+]. The molecule has 0 unspecified atom stereocenters. The molecule has 12 heteroatoms. The van der Waals surface area contributed by atoms with Crippen LogP contribution in [0.1, 0.15) is 18.1 Å².